The van der Waals surface area contributed by atoms with Crippen LogP contribution in [0.5, 0.6) is 0 Å². The number of piperazine rings is 1. The Balaban J connectivity index is 1.45. The predicted octanol–water partition coefficient (Wildman–Crippen LogP) is 3.24. The molecule has 190 valence electrons. The summed E-state index contributed by atoms with van der Waals surface area (Å²) in [6.45, 7) is 3.68. The highest BCUT2D eigenvalue weighted by atomic mass is 16.2. The Morgan fingerprint density at radius 3 is 2.19 bits per heavy atom. The van der Waals surface area contributed by atoms with Crippen LogP contribution in [0.1, 0.15) is 17.2 Å². The maximum Gasteiger partial charge on any atom is 0.313 e. The zero-order valence-electron chi connectivity index (χ0n) is 21.2. The summed E-state index contributed by atoms with van der Waals surface area (Å²) in [4.78, 5) is 32.0. The molecule has 8 nitrogen and oxygen atoms in total. The van der Waals surface area contributed by atoms with Crippen LogP contribution in [-0.4, -0.2) is 63.5 Å². The zero-order valence-corrected chi connectivity index (χ0v) is 21.2. The highest BCUT2D eigenvalue weighted by molar-refractivity contribution is 6.39. The maximum atomic E-state index is 12.7. The number of nitrogens with one attached hydrogen (secondary N) is 2. The van der Waals surface area contributed by atoms with Gasteiger partial charge in [-0.2, -0.15) is 5.26 Å². The Morgan fingerprint density at radius 1 is 0.892 bits per heavy atom. The molecule has 8 heteroatoms. The van der Waals surface area contributed by atoms with Gasteiger partial charge in [-0.3, -0.25) is 14.5 Å². The van der Waals surface area contributed by atoms with Gasteiger partial charge in [-0.1, -0.05) is 42.5 Å². The Kier molecular flexibility index (Phi) is 8.39. The van der Waals surface area contributed by atoms with Gasteiger partial charge in [-0.25, -0.2) is 0 Å². The van der Waals surface area contributed by atoms with Crippen LogP contribution in [0.15, 0.2) is 78.9 Å². The minimum atomic E-state index is -0.793. The molecule has 0 saturated carbocycles. The molecule has 4 rings (SSSR count). The summed E-state index contributed by atoms with van der Waals surface area (Å²) in [7, 11) is 4.00. The number of benzene rings is 3. The number of rotatable bonds is 7. The van der Waals surface area contributed by atoms with Gasteiger partial charge in [0, 0.05) is 58.2 Å². The van der Waals surface area contributed by atoms with E-state index in [4.69, 9.17) is 0 Å². The molecule has 0 spiro atoms. The fourth-order valence-corrected chi connectivity index (χ4v) is 4.52. The molecular weight excluding hydrogens is 464 g/mol. The monoisotopic (exact) mass is 496 g/mol. The molecule has 3 aromatic carbocycles. The third-order valence-corrected chi connectivity index (χ3v) is 6.63. The molecule has 3 aromatic rings. The van der Waals surface area contributed by atoms with Crippen molar-refractivity contribution in [1.29, 1.82) is 5.26 Å². The van der Waals surface area contributed by atoms with Gasteiger partial charge in [0.05, 0.1) is 17.3 Å². The van der Waals surface area contributed by atoms with Crippen molar-refractivity contribution in [3.05, 3.63) is 90.0 Å². The number of amides is 2. The molecule has 2 amide bonds. The molecule has 1 saturated heterocycles. The Bertz CT molecular complexity index is 1250. The third-order valence-electron chi connectivity index (χ3n) is 6.63. The lowest BCUT2D eigenvalue weighted by Gasteiger charge is -2.40. The molecule has 1 heterocycles. The second kappa shape index (κ2) is 12.1. The molecule has 0 aromatic heterocycles. The average Bonchev–Trinajstić information content (AvgIpc) is 2.94. The van der Waals surface area contributed by atoms with Gasteiger partial charge >= 0.3 is 11.8 Å². The summed E-state index contributed by atoms with van der Waals surface area (Å²) < 4.78 is 0. The molecule has 1 aliphatic heterocycles. The molecule has 37 heavy (non-hydrogen) atoms. The first kappa shape index (κ1) is 25.7. The minimum absolute atomic E-state index is 0.0859. The van der Waals surface area contributed by atoms with E-state index in [2.05, 4.69) is 56.8 Å². The molecule has 0 aliphatic carbocycles. The molecule has 0 bridgehead atoms. The average molecular weight is 497 g/mol. The summed E-state index contributed by atoms with van der Waals surface area (Å²) in [5.41, 5.74) is 4.00. The number of hydrogen-bond donors (Lipinski definition) is 2. The summed E-state index contributed by atoms with van der Waals surface area (Å²) >= 11 is 0. The number of anilines is 3. The fourth-order valence-electron chi connectivity index (χ4n) is 4.52. The van der Waals surface area contributed by atoms with E-state index < -0.39 is 11.8 Å². The lowest BCUT2D eigenvalue weighted by molar-refractivity contribution is -0.136. The van der Waals surface area contributed by atoms with Crippen LogP contribution in [0.3, 0.4) is 0 Å². The quantitative estimate of drug-likeness (QED) is 0.488. The van der Waals surface area contributed by atoms with Crippen molar-refractivity contribution in [3.63, 3.8) is 0 Å². The largest absolute Gasteiger partial charge is 0.378 e. The summed E-state index contributed by atoms with van der Waals surface area (Å²) in [5, 5.41) is 14.6. The molecule has 1 fully saturated rings. The minimum Gasteiger partial charge on any atom is -0.378 e. The van der Waals surface area contributed by atoms with Crippen LogP contribution < -0.4 is 20.4 Å². The van der Waals surface area contributed by atoms with E-state index in [0.29, 0.717) is 17.8 Å². The van der Waals surface area contributed by atoms with E-state index >= 15 is 0 Å². The van der Waals surface area contributed by atoms with Crippen LogP contribution in [-0.2, 0) is 9.59 Å². The van der Waals surface area contributed by atoms with Gasteiger partial charge in [0.15, 0.2) is 0 Å². The Morgan fingerprint density at radius 2 is 1.54 bits per heavy atom. The number of carbonyl (C=O) groups is 2. The summed E-state index contributed by atoms with van der Waals surface area (Å²) in [6.07, 6.45) is 0. The van der Waals surface area contributed by atoms with Crippen LogP contribution in [0, 0.1) is 11.3 Å². The van der Waals surface area contributed by atoms with Gasteiger partial charge < -0.3 is 20.4 Å². The van der Waals surface area contributed by atoms with Gasteiger partial charge in [0.1, 0.15) is 6.07 Å². The number of nitrogens with zero attached hydrogens (tertiary/aromatic N) is 4. The maximum absolute atomic E-state index is 12.7. The topological polar surface area (TPSA) is 91.7 Å². The van der Waals surface area contributed by atoms with Crippen molar-refractivity contribution >= 4 is 28.9 Å². The van der Waals surface area contributed by atoms with Crippen molar-refractivity contribution in [2.24, 2.45) is 0 Å². The first-order chi connectivity index (χ1) is 18.0. The Hall–Kier alpha value is -4.35. The fraction of sp³-hybridized carbons (Fsp3) is 0.276. The number of nitriles is 1. The molecular formula is C29H32N6O2. The highest BCUT2D eigenvalue weighted by Crippen LogP contribution is 2.26. The molecule has 1 atom stereocenters. The van der Waals surface area contributed by atoms with E-state index in [1.54, 1.807) is 24.3 Å². The van der Waals surface area contributed by atoms with E-state index in [-0.39, 0.29) is 6.04 Å². The van der Waals surface area contributed by atoms with Crippen molar-refractivity contribution in [1.82, 2.24) is 10.2 Å². The predicted molar refractivity (Wildman–Crippen MR) is 147 cm³/mol. The number of carbonyl (C=O) groups excluding carboxylic acids is 2. The first-order valence-corrected chi connectivity index (χ1v) is 12.4. The molecule has 1 aliphatic rings. The number of para-hydroxylation sites is 2. The lowest BCUT2D eigenvalue weighted by atomic mass is 10.0. The highest BCUT2D eigenvalue weighted by Gasteiger charge is 2.27. The van der Waals surface area contributed by atoms with Crippen molar-refractivity contribution in [2.75, 3.05) is 61.9 Å². The standard InChI is InChI=1S/C29H32N6O2/c1-33(2)24-14-12-22(13-15-24)27(35-18-16-34(17-19-35)25-9-4-3-5-10-25)21-31-28(36)29(37)32-26-11-7-6-8-23(26)20-30/h3-15,27H,16-19,21H2,1-2H3,(H,31,36)(H,32,37)/t27-/m1/s1. The first-order valence-electron chi connectivity index (χ1n) is 12.4. The Labute approximate surface area is 218 Å². The SMILES string of the molecule is CN(C)c1ccc([C@@H](CNC(=O)C(=O)Nc2ccccc2C#N)N2CCN(c3ccccc3)CC2)cc1. The normalized spacial score (nSPS) is 14.4. The van der Waals surface area contributed by atoms with Gasteiger partial charge in [-0.15, -0.1) is 0 Å². The second-order valence-corrected chi connectivity index (χ2v) is 9.18. The van der Waals surface area contributed by atoms with Crippen LogP contribution in [0.2, 0.25) is 0 Å². The number of hydrogen-bond acceptors (Lipinski definition) is 6. The third kappa shape index (κ3) is 6.46. The van der Waals surface area contributed by atoms with Crippen molar-refractivity contribution in [3.8, 4) is 6.07 Å². The smallest absolute Gasteiger partial charge is 0.313 e. The van der Waals surface area contributed by atoms with Crippen molar-refractivity contribution < 1.29 is 9.59 Å². The van der Waals surface area contributed by atoms with Crippen LogP contribution in [0.25, 0.3) is 0 Å². The molecule has 2 N–H and O–H groups in total. The van der Waals surface area contributed by atoms with E-state index in [1.807, 2.05) is 43.3 Å². The summed E-state index contributed by atoms with van der Waals surface area (Å²) in [5.74, 6) is -1.52. The van der Waals surface area contributed by atoms with Gasteiger partial charge in [0.2, 0.25) is 0 Å². The summed E-state index contributed by atoms with van der Waals surface area (Å²) in [6, 6.07) is 27.2. The van der Waals surface area contributed by atoms with Gasteiger partial charge in [0.25, 0.3) is 0 Å². The van der Waals surface area contributed by atoms with Crippen LogP contribution >= 0.6 is 0 Å². The zero-order chi connectivity index (χ0) is 26.2. The van der Waals surface area contributed by atoms with Crippen LogP contribution in [0.4, 0.5) is 17.1 Å². The van der Waals surface area contributed by atoms with Crippen molar-refractivity contribution in [2.45, 2.75) is 6.04 Å². The van der Waals surface area contributed by atoms with E-state index in [0.717, 1.165) is 37.4 Å². The van der Waals surface area contributed by atoms with E-state index in [9.17, 15) is 14.9 Å². The van der Waals surface area contributed by atoms with Gasteiger partial charge in [-0.05, 0) is 42.0 Å². The lowest BCUT2D eigenvalue weighted by Crippen LogP contribution is -2.50. The molecule has 0 unspecified atom stereocenters. The molecule has 0 radical (unpaired) electrons. The second-order valence-electron chi connectivity index (χ2n) is 9.18. The van der Waals surface area contributed by atoms with E-state index in [1.165, 1.54) is 5.69 Å².